The highest BCUT2D eigenvalue weighted by atomic mass is 16.5. The van der Waals surface area contributed by atoms with E-state index < -0.39 is 0 Å². The fourth-order valence-corrected chi connectivity index (χ4v) is 2.47. The van der Waals surface area contributed by atoms with Crippen LogP contribution in [0.1, 0.15) is 5.56 Å². The molecule has 22 heavy (non-hydrogen) atoms. The number of nitrogens with two attached hydrogens (primary N) is 1. The summed E-state index contributed by atoms with van der Waals surface area (Å²) in [6.07, 6.45) is 0. The molecule has 5 heteroatoms. The number of benzene rings is 2. The van der Waals surface area contributed by atoms with Crippen LogP contribution in [0.15, 0.2) is 42.5 Å². The van der Waals surface area contributed by atoms with Gasteiger partial charge in [-0.1, -0.05) is 0 Å². The number of aryl methyl sites for hydroxylation is 1. The molecule has 1 heterocycles. The second kappa shape index (κ2) is 6.58. The van der Waals surface area contributed by atoms with Crippen LogP contribution >= 0.6 is 0 Å². The zero-order valence-electron chi connectivity index (χ0n) is 12.8. The number of nitrogen functional groups attached to an aromatic ring is 1. The highest BCUT2D eigenvalue weighted by Crippen LogP contribution is 2.20. The molecule has 1 saturated heterocycles. The number of nitrogens with one attached hydrogen (secondary N) is 2. The minimum absolute atomic E-state index is 0.804. The fourth-order valence-electron chi connectivity index (χ4n) is 2.47. The van der Waals surface area contributed by atoms with Gasteiger partial charge in [-0.15, -0.1) is 0 Å². The molecule has 3 rings (SSSR count). The Kier molecular flexibility index (Phi) is 4.34. The first-order valence-electron chi connectivity index (χ1n) is 7.53. The van der Waals surface area contributed by atoms with Crippen molar-refractivity contribution < 1.29 is 4.74 Å². The van der Waals surface area contributed by atoms with Gasteiger partial charge in [0, 0.05) is 24.5 Å². The summed E-state index contributed by atoms with van der Waals surface area (Å²) in [5.74, 6) is 0. The monoisotopic (exact) mass is 298 g/mol. The van der Waals surface area contributed by atoms with Gasteiger partial charge in [-0.25, -0.2) is 0 Å². The van der Waals surface area contributed by atoms with Crippen LogP contribution < -0.4 is 21.5 Å². The van der Waals surface area contributed by atoms with Crippen LogP contribution in [0.4, 0.5) is 22.7 Å². The van der Waals surface area contributed by atoms with Gasteiger partial charge < -0.3 is 26.2 Å². The number of ether oxygens (including phenoxy) is 1. The van der Waals surface area contributed by atoms with Crippen molar-refractivity contribution in [3.63, 3.8) is 0 Å². The molecule has 0 radical (unpaired) electrons. The summed E-state index contributed by atoms with van der Waals surface area (Å²) < 4.78 is 5.38. The summed E-state index contributed by atoms with van der Waals surface area (Å²) in [4.78, 5) is 2.34. The minimum atomic E-state index is 0.804. The molecular weight excluding hydrogens is 276 g/mol. The van der Waals surface area contributed by atoms with Crippen molar-refractivity contribution in [3.05, 3.63) is 48.0 Å². The maximum absolute atomic E-state index is 5.82. The largest absolute Gasteiger partial charge is 0.399 e. The van der Waals surface area contributed by atoms with Gasteiger partial charge in [-0.05, 0) is 55.0 Å². The minimum Gasteiger partial charge on any atom is -0.399 e. The Bertz CT molecular complexity index is 621. The lowest BCUT2D eigenvalue weighted by molar-refractivity contribution is 0.122. The molecule has 4 N–H and O–H groups in total. The van der Waals surface area contributed by atoms with Crippen LogP contribution in [-0.2, 0) is 4.74 Å². The molecule has 0 unspecified atom stereocenters. The summed E-state index contributed by atoms with van der Waals surface area (Å²) in [6, 6.07) is 14.3. The van der Waals surface area contributed by atoms with Crippen molar-refractivity contribution in [2.75, 3.05) is 47.8 Å². The van der Waals surface area contributed by atoms with Gasteiger partial charge in [-0.3, -0.25) is 0 Å². The van der Waals surface area contributed by atoms with E-state index in [1.807, 2.05) is 25.1 Å². The third-order valence-electron chi connectivity index (χ3n) is 3.86. The van der Waals surface area contributed by atoms with Crippen LogP contribution in [0.5, 0.6) is 0 Å². The third kappa shape index (κ3) is 3.43. The molecule has 0 aliphatic carbocycles. The van der Waals surface area contributed by atoms with E-state index in [-0.39, 0.29) is 0 Å². The predicted octanol–water partition coefficient (Wildman–Crippen LogP) is 2.85. The molecule has 0 bridgehead atoms. The number of hydrogen-bond acceptors (Lipinski definition) is 5. The Hall–Kier alpha value is -2.40. The molecule has 0 aromatic heterocycles. The summed E-state index contributed by atoms with van der Waals surface area (Å²) in [5, 5.41) is 0. The maximum atomic E-state index is 5.82. The van der Waals surface area contributed by atoms with Crippen LogP contribution in [0.3, 0.4) is 0 Å². The zero-order chi connectivity index (χ0) is 15.4. The Labute approximate surface area is 131 Å². The van der Waals surface area contributed by atoms with Crippen molar-refractivity contribution in [1.29, 1.82) is 0 Å². The molecule has 5 nitrogen and oxygen atoms in total. The van der Waals surface area contributed by atoms with E-state index >= 15 is 0 Å². The molecule has 116 valence electrons. The van der Waals surface area contributed by atoms with Crippen molar-refractivity contribution in [3.8, 4) is 0 Å². The van der Waals surface area contributed by atoms with Crippen molar-refractivity contribution in [1.82, 2.24) is 0 Å². The van der Waals surface area contributed by atoms with Gasteiger partial charge in [0.25, 0.3) is 0 Å². The number of anilines is 4. The first kappa shape index (κ1) is 14.5. The second-order valence-electron chi connectivity index (χ2n) is 5.47. The molecule has 0 atom stereocenters. The third-order valence-corrected chi connectivity index (χ3v) is 3.86. The van der Waals surface area contributed by atoms with Gasteiger partial charge in [0.15, 0.2) is 0 Å². The van der Waals surface area contributed by atoms with Gasteiger partial charge in [0.05, 0.1) is 24.6 Å². The SMILES string of the molecule is Cc1cc(NNc2ccc(N3CCOCC3)cc2)ccc1N. The smallest absolute Gasteiger partial charge is 0.0642 e. The summed E-state index contributed by atoms with van der Waals surface area (Å²) in [5.41, 5.74) is 17.3. The lowest BCUT2D eigenvalue weighted by Crippen LogP contribution is -2.36. The van der Waals surface area contributed by atoms with Crippen molar-refractivity contribution in [2.24, 2.45) is 0 Å². The molecular formula is C17H22N4O. The summed E-state index contributed by atoms with van der Waals surface area (Å²) in [6.45, 7) is 5.51. The summed E-state index contributed by atoms with van der Waals surface area (Å²) in [7, 11) is 0. The molecule has 1 fully saturated rings. The van der Waals surface area contributed by atoms with E-state index in [1.54, 1.807) is 0 Å². The van der Waals surface area contributed by atoms with E-state index in [0.29, 0.717) is 0 Å². The topological polar surface area (TPSA) is 62.5 Å². The number of nitrogens with zero attached hydrogens (tertiary/aromatic N) is 1. The Morgan fingerprint density at radius 2 is 1.59 bits per heavy atom. The number of rotatable bonds is 4. The highest BCUT2D eigenvalue weighted by molar-refractivity contribution is 5.61. The van der Waals surface area contributed by atoms with Gasteiger partial charge in [-0.2, -0.15) is 0 Å². The quantitative estimate of drug-likeness (QED) is 0.598. The molecule has 0 saturated carbocycles. The fraction of sp³-hybridized carbons (Fsp3) is 0.294. The Balaban J connectivity index is 1.59. The van der Waals surface area contributed by atoms with Crippen molar-refractivity contribution >= 4 is 22.7 Å². The molecule has 2 aromatic carbocycles. The van der Waals surface area contributed by atoms with E-state index in [9.17, 15) is 0 Å². The van der Waals surface area contributed by atoms with Crippen LogP contribution in [0, 0.1) is 6.92 Å². The molecule has 0 amide bonds. The highest BCUT2D eigenvalue weighted by Gasteiger charge is 2.10. The number of hydrogen-bond donors (Lipinski definition) is 3. The number of hydrazine groups is 1. The standard InChI is InChI=1S/C17H22N4O/c1-13-12-15(4-7-17(13)18)20-19-14-2-5-16(6-3-14)21-8-10-22-11-9-21/h2-7,12,19-20H,8-11,18H2,1H3. The van der Waals surface area contributed by atoms with Gasteiger partial charge in [0.1, 0.15) is 0 Å². The lowest BCUT2D eigenvalue weighted by atomic mass is 10.2. The molecule has 2 aromatic rings. The van der Waals surface area contributed by atoms with E-state index in [4.69, 9.17) is 10.5 Å². The van der Waals surface area contributed by atoms with E-state index in [2.05, 4.69) is 40.0 Å². The second-order valence-corrected chi connectivity index (χ2v) is 5.47. The van der Waals surface area contributed by atoms with E-state index in [1.165, 1.54) is 5.69 Å². The maximum Gasteiger partial charge on any atom is 0.0642 e. The van der Waals surface area contributed by atoms with Gasteiger partial charge in [0.2, 0.25) is 0 Å². The molecule has 1 aliphatic rings. The first-order chi connectivity index (χ1) is 10.7. The zero-order valence-corrected chi connectivity index (χ0v) is 12.8. The Morgan fingerprint density at radius 3 is 2.27 bits per heavy atom. The average Bonchev–Trinajstić information content (AvgIpc) is 2.57. The number of morpholine rings is 1. The van der Waals surface area contributed by atoms with Crippen LogP contribution in [-0.4, -0.2) is 26.3 Å². The van der Waals surface area contributed by atoms with Gasteiger partial charge >= 0.3 is 0 Å². The van der Waals surface area contributed by atoms with E-state index in [0.717, 1.165) is 48.9 Å². The Morgan fingerprint density at radius 1 is 0.955 bits per heavy atom. The summed E-state index contributed by atoms with van der Waals surface area (Å²) >= 11 is 0. The normalized spacial score (nSPS) is 14.7. The predicted molar refractivity (Wildman–Crippen MR) is 92.3 cm³/mol. The lowest BCUT2D eigenvalue weighted by Gasteiger charge is -2.29. The molecule has 0 spiro atoms. The molecule has 1 aliphatic heterocycles. The van der Waals surface area contributed by atoms with Crippen LogP contribution in [0.2, 0.25) is 0 Å². The average molecular weight is 298 g/mol. The van der Waals surface area contributed by atoms with Crippen molar-refractivity contribution in [2.45, 2.75) is 6.92 Å². The first-order valence-corrected chi connectivity index (χ1v) is 7.53. The van der Waals surface area contributed by atoms with Crippen LogP contribution in [0.25, 0.3) is 0 Å².